The monoisotopic (exact) mass is 405 g/mol. The maximum Gasteiger partial charge on any atom is 0.313 e. The van der Waals surface area contributed by atoms with Gasteiger partial charge in [0.05, 0.1) is 11.7 Å². The minimum absolute atomic E-state index is 0.105. The van der Waals surface area contributed by atoms with Crippen LogP contribution < -0.4 is 10.6 Å². The predicted octanol–water partition coefficient (Wildman–Crippen LogP) is 1.35. The molecule has 1 aromatic heterocycles. The molecule has 1 atom stereocenters. The van der Waals surface area contributed by atoms with Gasteiger partial charge in [-0.1, -0.05) is 0 Å². The Labute approximate surface area is 168 Å². The Morgan fingerprint density at radius 3 is 2.45 bits per heavy atom. The third kappa shape index (κ3) is 5.18. The first-order valence-electron chi connectivity index (χ1n) is 9.43. The minimum Gasteiger partial charge on any atom is -0.353 e. The first-order chi connectivity index (χ1) is 13.8. The summed E-state index contributed by atoms with van der Waals surface area (Å²) in [4.78, 5) is 28.9. The molecule has 1 fully saturated rings. The van der Waals surface area contributed by atoms with Crippen molar-refractivity contribution in [1.29, 1.82) is 0 Å². The van der Waals surface area contributed by atoms with Crippen LogP contribution >= 0.6 is 0 Å². The van der Waals surface area contributed by atoms with Crippen LogP contribution in [-0.2, 0) is 16.6 Å². The molecule has 0 bridgehead atoms. The van der Waals surface area contributed by atoms with Gasteiger partial charge < -0.3 is 20.1 Å². The summed E-state index contributed by atoms with van der Waals surface area (Å²) in [5.74, 6) is -3.46. The highest BCUT2D eigenvalue weighted by molar-refractivity contribution is 6.39. The maximum atomic E-state index is 13.7. The molecule has 29 heavy (non-hydrogen) atoms. The second-order valence-electron chi connectivity index (χ2n) is 7.19. The molecule has 0 saturated carbocycles. The van der Waals surface area contributed by atoms with E-state index in [1.807, 2.05) is 29.9 Å². The van der Waals surface area contributed by atoms with Gasteiger partial charge in [-0.3, -0.25) is 14.5 Å². The van der Waals surface area contributed by atoms with E-state index in [4.69, 9.17) is 0 Å². The van der Waals surface area contributed by atoms with E-state index >= 15 is 0 Å². The number of anilines is 1. The van der Waals surface area contributed by atoms with Crippen LogP contribution in [0.25, 0.3) is 0 Å². The van der Waals surface area contributed by atoms with Crippen molar-refractivity contribution in [2.75, 3.05) is 45.1 Å². The van der Waals surface area contributed by atoms with Crippen molar-refractivity contribution in [3.63, 3.8) is 0 Å². The molecule has 1 aromatic carbocycles. The quantitative estimate of drug-likeness (QED) is 0.737. The molecule has 156 valence electrons. The van der Waals surface area contributed by atoms with Crippen molar-refractivity contribution >= 4 is 17.5 Å². The summed E-state index contributed by atoms with van der Waals surface area (Å²) in [6.07, 6.45) is 1.93. The number of halogens is 2. The fourth-order valence-electron chi connectivity index (χ4n) is 3.42. The summed E-state index contributed by atoms with van der Waals surface area (Å²) in [6.45, 7) is 3.72. The van der Waals surface area contributed by atoms with Crippen LogP contribution in [0.4, 0.5) is 14.5 Å². The predicted molar refractivity (Wildman–Crippen MR) is 105 cm³/mol. The zero-order valence-electron chi connectivity index (χ0n) is 16.5. The normalized spacial score (nSPS) is 16.4. The number of likely N-dealkylation sites (N-methyl/N-ethyl adjacent to an activating group) is 1. The van der Waals surface area contributed by atoms with Crippen LogP contribution in [0.1, 0.15) is 11.7 Å². The Kier molecular flexibility index (Phi) is 6.60. The van der Waals surface area contributed by atoms with Crippen LogP contribution in [0.5, 0.6) is 0 Å². The number of aromatic nitrogens is 1. The number of rotatable bonds is 5. The van der Waals surface area contributed by atoms with Gasteiger partial charge in [0.2, 0.25) is 0 Å². The lowest BCUT2D eigenvalue weighted by atomic mass is 10.1. The topological polar surface area (TPSA) is 69.6 Å². The zero-order chi connectivity index (χ0) is 21.0. The molecule has 3 rings (SSSR count). The molecule has 0 spiro atoms. The molecule has 1 unspecified atom stereocenters. The smallest absolute Gasteiger partial charge is 0.313 e. The van der Waals surface area contributed by atoms with E-state index in [2.05, 4.69) is 27.5 Å². The summed E-state index contributed by atoms with van der Waals surface area (Å²) < 4.78 is 28.9. The summed E-state index contributed by atoms with van der Waals surface area (Å²) >= 11 is 0. The molecule has 1 aliphatic rings. The minimum atomic E-state index is -1.04. The average molecular weight is 405 g/mol. The summed E-state index contributed by atoms with van der Waals surface area (Å²) in [6, 6.07) is 6.47. The molecule has 1 aliphatic heterocycles. The Morgan fingerprint density at radius 1 is 1.07 bits per heavy atom. The van der Waals surface area contributed by atoms with Crippen LogP contribution in [0.15, 0.2) is 36.5 Å². The molecule has 9 heteroatoms. The standard InChI is InChI=1S/C20H25F2N5O2/c1-25-8-10-27(11-9-25)18(17-4-3-7-26(17)2)13-23-19(28)20(29)24-16-12-14(21)5-6-15(16)22/h3-7,12,18H,8-11,13H2,1-2H3,(H,23,28)(H,24,29). The number of piperazine rings is 1. The SMILES string of the molecule is CN1CCN(C(CNC(=O)C(=O)Nc2cc(F)ccc2F)c2cccn2C)CC1. The van der Waals surface area contributed by atoms with Gasteiger partial charge in [0.15, 0.2) is 0 Å². The van der Waals surface area contributed by atoms with Crippen LogP contribution in [0.2, 0.25) is 0 Å². The number of carbonyl (C=O) groups is 2. The number of amides is 2. The van der Waals surface area contributed by atoms with Gasteiger partial charge in [0.1, 0.15) is 11.6 Å². The summed E-state index contributed by atoms with van der Waals surface area (Å²) in [7, 11) is 3.99. The van der Waals surface area contributed by atoms with Crippen molar-refractivity contribution in [2.24, 2.45) is 7.05 Å². The van der Waals surface area contributed by atoms with E-state index in [0.29, 0.717) is 0 Å². The highest BCUT2D eigenvalue weighted by Crippen LogP contribution is 2.22. The lowest BCUT2D eigenvalue weighted by Gasteiger charge is -2.38. The second-order valence-corrected chi connectivity index (χ2v) is 7.19. The number of nitrogens with zero attached hydrogens (tertiary/aromatic N) is 3. The molecular formula is C20H25F2N5O2. The van der Waals surface area contributed by atoms with Crippen molar-refractivity contribution in [3.05, 3.63) is 53.9 Å². The number of aryl methyl sites for hydroxylation is 1. The zero-order valence-corrected chi connectivity index (χ0v) is 16.5. The molecule has 7 nitrogen and oxygen atoms in total. The highest BCUT2D eigenvalue weighted by atomic mass is 19.1. The molecule has 2 aromatic rings. The Bertz CT molecular complexity index is 878. The first-order valence-corrected chi connectivity index (χ1v) is 9.43. The van der Waals surface area contributed by atoms with Gasteiger partial charge in [-0.25, -0.2) is 8.78 Å². The van der Waals surface area contributed by atoms with E-state index in [1.54, 1.807) is 0 Å². The van der Waals surface area contributed by atoms with E-state index < -0.39 is 23.4 Å². The Balaban J connectivity index is 1.65. The van der Waals surface area contributed by atoms with Crippen molar-refractivity contribution in [3.8, 4) is 0 Å². The third-order valence-electron chi connectivity index (χ3n) is 5.14. The van der Waals surface area contributed by atoms with Crippen LogP contribution in [0.3, 0.4) is 0 Å². The van der Waals surface area contributed by atoms with Gasteiger partial charge >= 0.3 is 11.8 Å². The molecule has 0 aliphatic carbocycles. The van der Waals surface area contributed by atoms with E-state index in [0.717, 1.165) is 50.1 Å². The number of nitrogens with one attached hydrogen (secondary N) is 2. The largest absolute Gasteiger partial charge is 0.353 e. The lowest BCUT2D eigenvalue weighted by Crippen LogP contribution is -2.49. The van der Waals surface area contributed by atoms with Crippen LogP contribution in [-0.4, -0.2) is 66.0 Å². The van der Waals surface area contributed by atoms with E-state index in [9.17, 15) is 18.4 Å². The molecule has 1 saturated heterocycles. The van der Waals surface area contributed by atoms with E-state index in [1.165, 1.54) is 0 Å². The highest BCUT2D eigenvalue weighted by Gasteiger charge is 2.27. The lowest BCUT2D eigenvalue weighted by molar-refractivity contribution is -0.136. The molecular weight excluding hydrogens is 380 g/mol. The van der Waals surface area contributed by atoms with Crippen LogP contribution in [0, 0.1) is 11.6 Å². The maximum absolute atomic E-state index is 13.7. The van der Waals surface area contributed by atoms with Gasteiger partial charge in [-0.2, -0.15) is 0 Å². The van der Waals surface area contributed by atoms with E-state index in [-0.39, 0.29) is 18.3 Å². The molecule has 2 amide bonds. The third-order valence-corrected chi connectivity index (χ3v) is 5.14. The van der Waals surface area contributed by atoms with Crippen molar-refractivity contribution in [2.45, 2.75) is 6.04 Å². The number of hydrogen-bond donors (Lipinski definition) is 2. The average Bonchev–Trinajstić information content (AvgIpc) is 3.11. The number of benzene rings is 1. The van der Waals surface area contributed by atoms with Crippen molar-refractivity contribution < 1.29 is 18.4 Å². The fourth-order valence-corrected chi connectivity index (χ4v) is 3.42. The van der Waals surface area contributed by atoms with Gasteiger partial charge in [-0.05, 0) is 31.3 Å². The molecule has 2 heterocycles. The molecule has 2 N–H and O–H groups in total. The summed E-state index contributed by atoms with van der Waals surface area (Å²) in [5, 5.41) is 4.74. The van der Waals surface area contributed by atoms with Gasteiger partial charge in [0, 0.05) is 57.7 Å². The fraction of sp³-hybridized carbons (Fsp3) is 0.400. The van der Waals surface area contributed by atoms with Crippen molar-refractivity contribution in [1.82, 2.24) is 19.7 Å². The number of hydrogen-bond acceptors (Lipinski definition) is 4. The van der Waals surface area contributed by atoms with Gasteiger partial charge in [-0.15, -0.1) is 0 Å². The summed E-state index contributed by atoms with van der Waals surface area (Å²) in [5.41, 5.74) is 0.648. The second kappa shape index (κ2) is 9.15. The first kappa shape index (κ1) is 20.9. The Morgan fingerprint density at radius 2 is 1.79 bits per heavy atom. The van der Waals surface area contributed by atoms with Gasteiger partial charge in [0.25, 0.3) is 0 Å². The number of carbonyl (C=O) groups excluding carboxylic acids is 2. The Hall–Kier alpha value is -2.78. The molecule has 0 radical (unpaired) electrons.